The molecule has 0 saturated heterocycles. The van der Waals surface area contributed by atoms with Gasteiger partial charge in [0.25, 0.3) is 0 Å². The molecule has 8 bridgehead atoms. The van der Waals surface area contributed by atoms with Crippen LogP contribution in [-0.4, -0.2) is 48.4 Å². The maximum atomic E-state index is 10.9. The number of hydrogen-bond donors (Lipinski definition) is 0. The van der Waals surface area contributed by atoms with Gasteiger partial charge in [-0.25, -0.2) is 8.42 Å². The second kappa shape index (κ2) is 10.1. The second-order valence-corrected chi connectivity index (χ2v) is 18.3. The van der Waals surface area contributed by atoms with E-state index in [0.29, 0.717) is 29.3 Å². The fourth-order valence-electron chi connectivity index (χ4n) is 10.7. The van der Waals surface area contributed by atoms with Gasteiger partial charge in [0.2, 0.25) is 0 Å². The summed E-state index contributed by atoms with van der Waals surface area (Å²) in [6, 6.07) is 0. The molecular weight excluding hydrogens is 474 g/mol. The molecule has 0 aromatic carbocycles. The largest absolute Gasteiger partial charge is 1.00 e. The molecule has 0 N–H and O–H groups in total. The monoisotopic (exact) mass is 518 g/mol. The predicted molar refractivity (Wildman–Crippen MR) is 133 cm³/mol. The van der Waals surface area contributed by atoms with Crippen LogP contribution < -0.4 is 29.6 Å². The van der Waals surface area contributed by atoms with Crippen molar-refractivity contribution >= 4 is 18.0 Å². The van der Waals surface area contributed by atoms with Gasteiger partial charge in [-0.3, -0.25) is 0 Å². The number of ether oxygens (including phenoxy) is 1. The van der Waals surface area contributed by atoms with Crippen molar-refractivity contribution in [3.05, 3.63) is 0 Å². The van der Waals surface area contributed by atoms with Gasteiger partial charge in [-0.1, -0.05) is 14.8 Å². The molecule has 0 aromatic rings. The van der Waals surface area contributed by atoms with Gasteiger partial charge in [0.1, 0.15) is 0 Å². The average Bonchev–Trinajstić information content (AvgIpc) is 2.69. The third-order valence-electron chi connectivity index (χ3n) is 10.7. The molecule has 0 radical (unpaired) electrons. The summed E-state index contributed by atoms with van der Waals surface area (Å²) >= 11 is 0. The SMILES string of the molecule is CC(COCCCS(=O)(=O)[O-])CP(C12CC3CC(CC(C3)C1)C2)C12CC3CC(CC(C3)C1)C2.[Na+]. The molecule has 0 spiro atoms. The van der Waals surface area contributed by atoms with Crippen LogP contribution in [0.15, 0.2) is 0 Å². The van der Waals surface area contributed by atoms with Crippen LogP contribution in [-0.2, 0) is 14.9 Å². The Morgan fingerprint density at radius 1 is 0.824 bits per heavy atom. The molecule has 4 nitrogen and oxygen atoms in total. The molecule has 188 valence electrons. The Morgan fingerprint density at radius 2 is 1.21 bits per heavy atom. The Labute approximate surface area is 231 Å². The van der Waals surface area contributed by atoms with Crippen LogP contribution in [0.5, 0.6) is 0 Å². The summed E-state index contributed by atoms with van der Waals surface area (Å²) in [6.07, 6.45) is 20.2. The molecule has 8 saturated carbocycles. The number of hydrogen-bond acceptors (Lipinski definition) is 4. The standard InChI is InChI=1S/C27H45O4PS.Na/c1-19(17-31-3-2-4-33(28,29)30)18-32(26-11-20-5-21(12-26)7-22(6-20)13-26)27-14-23-8-24(15-27)10-25(9-23)16-27;/h19-25H,2-18H2,1H3,(H,28,29,30);/q;+1/p-1. The molecular formula is C27H44NaO4PS. The smallest absolute Gasteiger partial charge is 0.748 e. The summed E-state index contributed by atoms with van der Waals surface area (Å²) in [6.45, 7) is 3.52. The van der Waals surface area contributed by atoms with E-state index in [1.807, 2.05) is 0 Å². The van der Waals surface area contributed by atoms with Gasteiger partial charge in [0.15, 0.2) is 0 Å². The van der Waals surface area contributed by atoms with Crippen molar-refractivity contribution in [2.75, 3.05) is 25.1 Å². The van der Waals surface area contributed by atoms with Crippen molar-refractivity contribution in [3.8, 4) is 0 Å². The minimum absolute atomic E-state index is 0. The van der Waals surface area contributed by atoms with E-state index in [0.717, 1.165) is 42.1 Å². The first kappa shape index (κ1) is 26.9. The molecule has 0 aliphatic heterocycles. The van der Waals surface area contributed by atoms with E-state index in [2.05, 4.69) is 6.92 Å². The van der Waals surface area contributed by atoms with E-state index in [1.54, 1.807) is 38.5 Å². The molecule has 0 amide bonds. The first-order valence-electron chi connectivity index (χ1n) is 14.0. The molecule has 0 heterocycles. The zero-order valence-corrected chi connectivity index (χ0v) is 25.3. The van der Waals surface area contributed by atoms with Crippen molar-refractivity contribution < 1.29 is 47.3 Å². The topological polar surface area (TPSA) is 66.4 Å². The molecule has 8 fully saturated rings. The van der Waals surface area contributed by atoms with Crippen LogP contribution in [0.25, 0.3) is 0 Å². The van der Waals surface area contributed by atoms with Crippen molar-refractivity contribution in [2.24, 2.45) is 41.4 Å². The van der Waals surface area contributed by atoms with Gasteiger partial charge >= 0.3 is 29.6 Å². The first-order chi connectivity index (χ1) is 15.7. The van der Waals surface area contributed by atoms with E-state index < -0.39 is 10.1 Å². The summed E-state index contributed by atoms with van der Waals surface area (Å²) in [5.74, 6) is 6.39. The quantitative estimate of drug-likeness (QED) is 0.193. The van der Waals surface area contributed by atoms with Crippen molar-refractivity contribution in [2.45, 2.75) is 101 Å². The Bertz CT molecular complexity index is 731. The van der Waals surface area contributed by atoms with Gasteiger partial charge in [0.05, 0.1) is 10.1 Å². The molecule has 1 atom stereocenters. The third-order valence-corrected chi connectivity index (χ3v) is 15.9. The van der Waals surface area contributed by atoms with Crippen LogP contribution in [0.2, 0.25) is 0 Å². The van der Waals surface area contributed by atoms with Crippen LogP contribution in [0.1, 0.15) is 90.4 Å². The van der Waals surface area contributed by atoms with E-state index in [1.165, 1.54) is 44.7 Å². The van der Waals surface area contributed by atoms with Gasteiger partial charge in [-0.15, -0.1) is 0 Å². The van der Waals surface area contributed by atoms with Gasteiger partial charge < -0.3 is 9.29 Å². The normalized spacial score (nSPS) is 45.8. The predicted octanol–water partition coefficient (Wildman–Crippen LogP) is 3.00. The maximum Gasteiger partial charge on any atom is 1.00 e. The fraction of sp³-hybridized carbons (Fsp3) is 1.00. The summed E-state index contributed by atoms with van der Waals surface area (Å²) in [4.78, 5) is 0. The molecule has 34 heavy (non-hydrogen) atoms. The number of rotatable bonds is 10. The van der Waals surface area contributed by atoms with Gasteiger partial charge in [-0.2, -0.15) is 0 Å². The van der Waals surface area contributed by atoms with Crippen molar-refractivity contribution in [3.63, 3.8) is 0 Å². The summed E-state index contributed by atoms with van der Waals surface area (Å²) < 4.78 is 38.6. The fourth-order valence-corrected chi connectivity index (χ4v) is 16.5. The van der Waals surface area contributed by atoms with Gasteiger partial charge in [-0.05, 0) is 141 Å². The second-order valence-electron chi connectivity index (χ2n) is 13.7. The van der Waals surface area contributed by atoms with Crippen LogP contribution in [0.3, 0.4) is 0 Å². The van der Waals surface area contributed by atoms with E-state index in [9.17, 15) is 13.0 Å². The van der Waals surface area contributed by atoms with Crippen molar-refractivity contribution in [1.29, 1.82) is 0 Å². The van der Waals surface area contributed by atoms with Gasteiger partial charge in [0, 0.05) is 19.0 Å². The molecule has 0 aromatic heterocycles. The van der Waals surface area contributed by atoms with E-state index in [4.69, 9.17) is 4.74 Å². The Hall–Kier alpha value is 1.30. The summed E-state index contributed by atoms with van der Waals surface area (Å²) in [7, 11) is -4.14. The Balaban J connectivity index is 0.00000241. The zero-order valence-electron chi connectivity index (χ0n) is 21.6. The molecule has 8 rings (SSSR count). The van der Waals surface area contributed by atoms with Crippen LogP contribution >= 0.6 is 7.92 Å². The first-order valence-corrected chi connectivity index (χ1v) is 17.1. The summed E-state index contributed by atoms with van der Waals surface area (Å²) in [5.41, 5.74) is 0. The molecule has 7 heteroatoms. The van der Waals surface area contributed by atoms with Crippen molar-refractivity contribution in [1.82, 2.24) is 0 Å². The zero-order chi connectivity index (χ0) is 22.8. The minimum atomic E-state index is -4.12. The minimum Gasteiger partial charge on any atom is -0.748 e. The summed E-state index contributed by atoms with van der Waals surface area (Å²) in [5, 5.41) is 1.33. The Morgan fingerprint density at radius 3 is 1.56 bits per heavy atom. The van der Waals surface area contributed by atoms with E-state index >= 15 is 0 Å². The van der Waals surface area contributed by atoms with Crippen LogP contribution in [0, 0.1) is 41.4 Å². The van der Waals surface area contributed by atoms with Crippen LogP contribution in [0.4, 0.5) is 0 Å². The molecule has 8 aliphatic carbocycles. The van der Waals surface area contributed by atoms with E-state index in [-0.39, 0.29) is 43.2 Å². The third kappa shape index (κ3) is 5.39. The average molecular weight is 519 g/mol. The maximum absolute atomic E-state index is 10.9. The Kier molecular flexibility index (Phi) is 8.00. The molecule has 8 aliphatic rings. The molecule has 1 unspecified atom stereocenters.